The van der Waals surface area contributed by atoms with E-state index < -0.39 is 29.7 Å². The smallest absolute Gasteiger partial charge is 0.416 e. The van der Waals surface area contributed by atoms with Crippen molar-refractivity contribution in [3.63, 3.8) is 0 Å². The van der Waals surface area contributed by atoms with Gasteiger partial charge in [0.15, 0.2) is 6.10 Å². The van der Waals surface area contributed by atoms with E-state index >= 15 is 0 Å². The highest BCUT2D eigenvalue weighted by molar-refractivity contribution is 5.92. The largest absolute Gasteiger partial charge is 0.449 e. The average Bonchev–Trinajstić information content (AvgIpc) is 2.61. The number of ether oxygens (including phenoxy) is 1. The molecule has 0 radical (unpaired) electrons. The fraction of sp³-hybridized carbons (Fsp3) is 0.474. The van der Waals surface area contributed by atoms with Crippen LogP contribution in [0.15, 0.2) is 35.9 Å². The lowest BCUT2D eigenvalue weighted by atomic mass is 9.97. The molecule has 2 rings (SSSR count). The highest BCUT2D eigenvalue weighted by Crippen LogP contribution is 2.29. The van der Waals surface area contributed by atoms with E-state index in [1.54, 1.807) is 0 Å². The quantitative estimate of drug-likeness (QED) is 0.602. The SMILES string of the molecule is CC(OC(=O)c1cccc(C(F)(F)F)c1)C(=O)NCCC1=CCCCC1. The van der Waals surface area contributed by atoms with E-state index in [9.17, 15) is 22.8 Å². The number of carbonyl (C=O) groups is 2. The van der Waals surface area contributed by atoms with Crippen LogP contribution in [0.2, 0.25) is 0 Å². The molecule has 1 aromatic carbocycles. The zero-order valence-electron chi connectivity index (χ0n) is 14.6. The van der Waals surface area contributed by atoms with Gasteiger partial charge in [0, 0.05) is 6.54 Å². The van der Waals surface area contributed by atoms with Gasteiger partial charge < -0.3 is 10.1 Å². The molecule has 1 aromatic rings. The standard InChI is InChI=1S/C19H22F3NO3/c1-13(17(24)23-11-10-14-6-3-2-4-7-14)26-18(25)15-8-5-9-16(12-15)19(20,21)22/h5-6,8-9,12-13H,2-4,7,10-11H2,1H3,(H,23,24). The molecule has 7 heteroatoms. The number of amides is 1. The second kappa shape index (κ2) is 8.87. The second-order valence-electron chi connectivity index (χ2n) is 6.28. The van der Waals surface area contributed by atoms with Crippen molar-refractivity contribution in [1.29, 1.82) is 0 Å². The molecule has 0 heterocycles. The van der Waals surface area contributed by atoms with Crippen molar-refractivity contribution in [3.8, 4) is 0 Å². The Labute approximate surface area is 150 Å². The number of allylic oxidation sites excluding steroid dienone is 1. The Balaban J connectivity index is 1.84. The predicted octanol–water partition coefficient (Wildman–Crippen LogP) is 4.26. The maximum atomic E-state index is 12.7. The Morgan fingerprint density at radius 2 is 2.04 bits per heavy atom. The predicted molar refractivity (Wildman–Crippen MR) is 90.5 cm³/mol. The molecule has 26 heavy (non-hydrogen) atoms. The van der Waals surface area contributed by atoms with Gasteiger partial charge in [-0.3, -0.25) is 4.79 Å². The minimum absolute atomic E-state index is 0.244. The molecular weight excluding hydrogens is 347 g/mol. The normalized spacial score (nSPS) is 15.8. The number of nitrogens with one attached hydrogen (secondary N) is 1. The van der Waals surface area contributed by atoms with E-state index in [2.05, 4.69) is 11.4 Å². The molecule has 1 unspecified atom stereocenters. The Morgan fingerprint density at radius 3 is 2.69 bits per heavy atom. The molecule has 0 saturated carbocycles. The number of alkyl halides is 3. The van der Waals surface area contributed by atoms with Crippen molar-refractivity contribution in [2.24, 2.45) is 0 Å². The maximum absolute atomic E-state index is 12.7. The highest BCUT2D eigenvalue weighted by Gasteiger charge is 2.31. The Kier molecular flexibility index (Phi) is 6.83. The summed E-state index contributed by atoms with van der Waals surface area (Å²) in [5.41, 5.74) is 0.127. The fourth-order valence-corrected chi connectivity index (χ4v) is 2.73. The van der Waals surface area contributed by atoms with Gasteiger partial charge in [-0.15, -0.1) is 0 Å². The Bertz CT molecular complexity index is 683. The van der Waals surface area contributed by atoms with Gasteiger partial charge in [-0.1, -0.05) is 17.7 Å². The molecule has 1 amide bonds. The third kappa shape index (κ3) is 5.89. The summed E-state index contributed by atoms with van der Waals surface area (Å²) >= 11 is 0. The third-order valence-corrected chi connectivity index (χ3v) is 4.21. The van der Waals surface area contributed by atoms with Gasteiger partial charge in [0.25, 0.3) is 5.91 Å². The Hall–Kier alpha value is -2.31. The highest BCUT2D eigenvalue weighted by atomic mass is 19.4. The van der Waals surface area contributed by atoms with Gasteiger partial charge >= 0.3 is 12.1 Å². The van der Waals surface area contributed by atoms with Crippen LogP contribution in [0.5, 0.6) is 0 Å². The van der Waals surface area contributed by atoms with Crippen LogP contribution < -0.4 is 5.32 Å². The van der Waals surface area contributed by atoms with Gasteiger partial charge in [0.2, 0.25) is 0 Å². The minimum Gasteiger partial charge on any atom is -0.449 e. The number of esters is 1. The van der Waals surface area contributed by atoms with Crippen LogP contribution >= 0.6 is 0 Å². The Morgan fingerprint density at radius 1 is 1.27 bits per heavy atom. The molecule has 1 aliphatic rings. The molecule has 0 spiro atoms. The first kappa shape index (κ1) is 20.0. The van der Waals surface area contributed by atoms with Crippen LogP contribution in [0.25, 0.3) is 0 Å². The summed E-state index contributed by atoms with van der Waals surface area (Å²) in [5, 5.41) is 2.69. The summed E-state index contributed by atoms with van der Waals surface area (Å²) in [7, 11) is 0. The van der Waals surface area contributed by atoms with Gasteiger partial charge in [-0.25, -0.2) is 4.79 Å². The second-order valence-corrected chi connectivity index (χ2v) is 6.28. The van der Waals surface area contributed by atoms with Gasteiger partial charge in [0.05, 0.1) is 11.1 Å². The molecule has 0 aliphatic heterocycles. The summed E-state index contributed by atoms with van der Waals surface area (Å²) in [6.07, 6.45) is 1.75. The van der Waals surface area contributed by atoms with Crippen molar-refractivity contribution in [3.05, 3.63) is 47.0 Å². The summed E-state index contributed by atoms with van der Waals surface area (Å²) in [4.78, 5) is 24.0. The molecule has 0 bridgehead atoms. The number of carbonyl (C=O) groups excluding carboxylic acids is 2. The number of benzene rings is 1. The maximum Gasteiger partial charge on any atom is 0.416 e. The lowest BCUT2D eigenvalue weighted by Crippen LogP contribution is -2.36. The summed E-state index contributed by atoms with van der Waals surface area (Å²) < 4.78 is 43.1. The molecular formula is C19H22F3NO3. The van der Waals surface area contributed by atoms with Crippen molar-refractivity contribution < 1.29 is 27.5 Å². The molecule has 0 aromatic heterocycles. The van der Waals surface area contributed by atoms with Crippen LogP contribution in [0.1, 0.15) is 54.9 Å². The van der Waals surface area contributed by atoms with Gasteiger partial charge in [-0.2, -0.15) is 13.2 Å². The molecule has 0 fully saturated rings. The number of hydrogen-bond acceptors (Lipinski definition) is 3. The van der Waals surface area contributed by atoms with E-state index in [0.717, 1.165) is 37.8 Å². The summed E-state index contributed by atoms with van der Waals surface area (Å²) in [6, 6.07) is 3.93. The molecule has 1 aliphatic carbocycles. The van der Waals surface area contributed by atoms with Crippen molar-refractivity contribution in [1.82, 2.24) is 5.32 Å². The third-order valence-electron chi connectivity index (χ3n) is 4.21. The average molecular weight is 369 g/mol. The molecule has 1 atom stereocenters. The lowest BCUT2D eigenvalue weighted by molar-refractivity contribution is -0.137. The lowest BCUT2D eigenvalue weighted by Gasteiger charge is -2.16. The fourth-order valence-electron chi connectivity index (χ4n) is 2.73. The van der Waals surface area contributed by atoms with E-state index in [1.807, 2.05) is 0 Å². The van der Waals surface area contributed by atoms with Crippen molar-refractivity contribution >= 4 is 11.9 Å². The molecule has 0 saturated heterocycles. The van der Waals surface area contributed by atoms with E-state index in [1.165, 1.54) is 25.0 Å². The van der Waals surface area contributed by atoms with E-state index in [-0.39, 0.29) is 5.56 Å². The van der Waals surface area contributed by atoms with Crippen molar-refractivity contribution in [2.45, 2.75) is 51.3 Å². The van der Waals surface area contributed by atoms with Gasteiger partial charge in [-0.05, 0) is 57.2 Å². The number of rotatable bonds is 6. The van der Waals surface area contributed by atoms with Gasteiger partial charge in [0.1, 0.15) is 0 Å². The number of halogens is 3. The first-order valence-electron chi connectivity index (χ1n) is 8.61. The van der Waals surface area contributed by atoms with Crippen LogP contribution in [-0.4, -0.2) is 24.5 Å². The number of hydrogen-bond donors (Lipinski definition) is 1. The van der Waals surface area contributed by atoms with Crippen LogP contribution in [0.4, 0.5) is 13.2 Å². The summed E-state index contributed by atoms with van der Waals surface area (Å²) in [5.74, 6) is -1.43. The van der Waals surface area contributed by atoms with Crippen LogP contribution in [0.3, 0.4) is 0 Å². The first-order valence-corrected chi connectivity index (χ1v) is 8.61. The zero-order chi connectivity index (χ0) is 19.2. The van der Waals surface area contributed by atoms with Crippen molar-refractivity contribution in [2.75, 3.05) is 6.54 Å². The molecule has 142 valence electrons. The van der Waals surface area contributed by atoms with E-state index in [0.29, 0.717) is 12.6 Å². The van der Waals surface area contributed by atoms with E-state index in [4.69, 9.17) is 4.74 Å². The topological polar surface area (TPSA) is 55.4 Å². The van der Waals surface area contributed by atoms with Crippen LogP contribution in [0, 0.1) is 0 Å². The summed E-state index contributed by atoms with van der Waals surface area (Å²) in [6.45, 7) is 1.83. The monoisotopic (exact) mass is 369 g/mol. The molecule has 4 nitrogen and oxygen atoms in total. The minimum atomic E-state index is -4.55. The molecule has 1 N–H and O–H groups in total. The first-order chi connectivity index (χ1) is 12.3. The zero-order valence-corrected chi connectivity index (χ0v) is 14.6. The van der Waals surface area contributed by atoms with Crippen LogP contribution in [-0.2, 0) is 15.7 Å².